The number of aromatic nitrogens is 1. The SMILES string of the molecule is O=C(CNS(=O)(=O)c1ccccc1)NC1CCN(c2ccccn2)C1. The van der Waals surface area contributed by atoms with Gasteiger partial charge in [-0.3, -0.25) is 4.79 Å². The Bertz CT molecular complexity index is 812. The summed E-state index contributed by atoms with van der Waals surface area (Å²) in [5, 5.41) is 2.87. The Balaban J connectivity index is 1.49. The average Bonchev–Trinajstić information content (AvgIpc) is 3.10. The van der Waals surface area contributed by atoms with Crippen molar-refractivity contribution < 1.29 is 13.2 Å². The minimum atomic E-state index is -3.67. The lowest BCUT2D eigenvalue weighted by atomic mass is 10.2. The number of benzene rings is 1. The van der Waals surface area contributed by atoms with E-state index in [9.17, 15) is 13.2 Å². The number of anilines is 1. The maximum atomic E-state index is 12.1. The Hall–Kier alpha value is -2.45. The van der Waals surface area contributed by atoms with E-state index in [0.29, 0.717) is 6.54 Å². The second-order valence-electron chi connectivity index (χ2n) is 5.82. The molecule has 0 radical (unpaired) electrons. The summed E-state index contributed by atoms with van der Waals surface area (Å²) in [5.74, 6) is 0.538. The van der Waals surface area contributed by atoms with Gasteiger partial charge in [0.2, 0.25) is 15.9 Å². The summed E-state index contributed by atoms with van der Waals surface area (Å²) >= 11 is 0. The van der Waals surface area contributed by atoms with Gasteiger partial charge in [-0.15, -0.1) is 0 Å². The molecule has 0 bridgehead atoms. The zero-order valence-electron chi connectivity index (χ0n) is 13.6. The lowest BCUT2D eigenvalue weighted by molar-refractivity contribution is -0.120. The molecule has 132 valence electrons. The molecule has 1 fully saturated rings. The normalized spacial score (nSPS) is 17.4. The van der Waals surface area contributed by atoms with Crippen molar-refractivity contribution in [2.45, 2.75) is 17.4 Å². The van der Waals surface area contributed by atoms with Gasteiger partial charge in [-0.05, 0) is 30.7 Å². The average molecular weight is 360 g/mol. The predicted molar refractivity (Wildman–Crippen MR) is 94.6 cm³/mol. The van der Waals surface area contributed by atoms with Crippen LogP contribution >= 0.6 is 0 Å². The number of carbonyl (C=O) groups excluding carboxylic acids is 1. The van der Waals surface area contributed by atoms with Crippen molar-refractivity contribution in [1.82, 2.24) is 15.0 Å². The number of nitrogens with zero attached hydrogens (tertiary/aromatic N) is 2. The number of hydrogen-bond donors (Lipinski definition) is 2. The van der Waals surface area contributed by atoms with Crippen molar-refractivity contribution in [3.05, 3.63) is 54.7 Å². The van der Waals surface area contributed by atoms with Crippen molar-refractivity contribution in [2.75, 3.05) is 24.5 Å². The van der Waals surface area contributed by atoms with Gasteiger partial charge in [0.15, 0.2) is 0 Å². The molecule has 2 heterocycles. The number of nitrogens with one attached hydrogen (secondary N) is 2. The number of rotatable bonds is 6. The minimum Gasteiger partial charge on any atom is -0.354 e. The molecule has 1 saturated heterocycles. The highest BCUT2D eigenvalue weighted by Gasteiger charge is 2.25. The van der Waals surface area contributed by atoms with Gasteiger partial charge in [0, 0.05) is 25.3 Å². The summed E-state index contributed by atoms with van der Waals surface area (Å²) in [7, 11) is -3.67. The van der Waals surface area contributed by atoms with Crippen LogP contribution in [0, 0.1) is 0 Å². The molecule has 2 aromatic rings. The molecule has 1 aliphatic heterocycles. The van der Waals surface area contributed by atoms with Gasteiger partial charge in [0.05, 0.1) is 11.4 Å². The second kappa shape index (κ2) is 7.62. The van der Waals surface area contributed by atoms with Crippen LogP contribution in [0.25, 0.3) is 0 Å². The molecular weight excluding hydrogens is 340 g/mol. The molecule has 1 amide bonds. The van der Waals surface area contributed by atoms with E-state index in [0.717, 1.165) is 18.8 Å². The standard InChI is InChI=1S/C17H20N4O3S/c22-17(12-19-25(23,24)15-6-2-1-3-7-15)20-14-9-11-21(13-14)16-8-4-5-10-18-16/h1-8,10,14,19H,9,11-13H2,(H,20,22). The van der Waals surface area contributed by atoms with E-state index < -0.39 is 10.0 Å². The Morgan fingerprint density at radius 3 is 2.64 bits per heavy atom. The van der Waals surface area contributed by atoms with E-state index in [2.05, 4.69) is 19.9 Å². The van der Waals surface area contributed by atoms with Crippen molar-refractivity contribution >= 4 is 21.7 Å². The third-order valence-corrected chi connectivity index (χ3v) is 5.42. The highest BCUT2D eigenvalue weighted by molar-refractivity contribution is 7.89. The van der Waals surface area contributed by atoms with E-state index >= 15 is 0 Å². The van der Waals surface area contributed by atoms with Crippen LogP contribution in [0.3, 0.4) is 0 Å². The van der Waals surface area contributed by atoms with Crippen LogP contribution in [0.2, 0.25) is 0 Å². The summed E-state index contributed by atoms with van der Waals surface area (Å²) in [6.07, 6.45) is 2.54. The molecule has 7 nitrogen and oxygen atoms in total. The molecule has 1 aromatic heterocycles. The van der Waals surface area contributed by atoms with E-state index in [1.54, 1.807) is 24.4 Å². The zero-order valence-corrected chi connectivity index (χ0v) is 14.4. The van der Waals surface area contributed by atoms with E-state index in [4.69, 9.17) is 0 Å². The van der Waals surface area contributed by atoms with Gasteiger partial charge in [0.25, 0.3) is 0 Å². The van der Waals surface area contributed by atoms with Gasteiger partial charge in [-0.25, -0.2) is 18.1 Å². The molecule has 2 N–H and O–H groups in total. The van der Waals surface area contributed by atoms with Crippen LogP contribution < -0.4 is 14.9 Å². The van der Waals surface area contributed by atoms with Crippen LogP contribution in [0.5, 0.6) is 0 Å². The Kier molecular flexibility index (Phi) is 5.30. The zero-order chi connectivity index (χ0) is 17.7. The predicted octanol–water partition coefficient (Wildman–Crippen LogP) is 0.755. The summed E-state index contributed by atoms with van der Waals surface area (Å²) in [4.78, 5) is 18.6. The summed E-state index contributed by atoms with van der Waals surface area (Å²) in [5.41, 5.74) is 0. The fourth-order valence-electron chi connectivity index (χ4n) is 2.75. The molecule has 1 unspecified atom stereocenters. The van der Waals surface area contributed by atoms with Crippen molar-refractivity contribution in [3.63, 3.8) is 0 Å². The smallest absolute Gasteiger partial charge is 0.241 e. The van der Waals surface area contributed by atoms with Gasteiger partial charge >= 0.3 is 0 Å². The summed E-state index contributed by atoms with van der Waals surface area (Å²) in [6.45, 7) is 1.18. The first-order chi connectivity index (χ1) is 12.0. The number of carbonyl (C=O) groups is 1. The highest BCUT2D eigenvalue weighted by atomic mass is 32.2. The van der Waals surface area contributed by atoms with Crippen molar-refractivity contribution in [2.24, 2.45) is 0 Å². The van der Waals surface area contributed by atoms with Gasteiger partial charge in [-0.1, -0.05) is 24.3 Å². The summed E-state index contributed by atoms with van der Waals surface area (Å²) < 4.78 is 26.5. The van der Waals surface area contributed by atoms with Crippen LogP contribution in [0.1, 0.15) is 6.42 Å². The molecular formula is C17H20N4O3S. The topological polar surface area (TPSA) is 91.4 Å². The largest absolute Gasteiger partial charge is 0.354 e. The van der Waals surface area contributed by atoms with Gasteiger partial charge < -0.3 is 10.2 Å². The molecule has 0 saturated carbocycles. The fourth-order valence-corrected chi connectivity index (χ4v) is 3.75. The Morgan fingerprint density at radius 1 is 1.16 bits per heavy atom. The third-order valence-electron chi connectivity index (χ3n) is 4.00. The van der Waals surface area contributed by atoms with E-state index in [1.165, 1.54) is 12.1 Å². The van der Waals surface area contributed by atoms with Crippen molar-refractivity contribution in [1.29, 1.82) is 0 Å². The first-order valence-electron chi connectivity index (χ1n) is 8.05. The monoisotopic (exact) mass is 360 g/mol. The van der Waals surface area contributed by atoms with Crippen LogP contribution in [-0.4, -0.2) is 45.0 Å². The second-order valence-corrected chi connectivity index (χ2v) is 7.59. The molecule has 8 heteroatoms. The number of hydrogen-bond acceptors (Lipinski definition) is 5. The maximum absolute atomic E-state index is 12.1. The van der Waals surface area contributed by atoms with Gasteiger partial charge in [0.1, 0.15) is 5.82 Å². The molecule has 3 rings (SSSR count). The third kappa shape index (κ3) is 4.55. The summed E-state index contributed by atoms with van der Waals surface area (Å²) in [6, 6.07) is 13.7. The van der Waals surface area contributed by atoms with Crippen LogP contribution in [0.4, 0.5) is 5.82 Å². The first-order valence-corrected chi connectivity index (χ1v) is 9.53. The van der Waals surface area contributed by atoms with Gasteiger partial charge in [-0.2, -0.15) is 0 Å². The Labute approximate surface area is 147 Å². The quantitative estimate of drug-likeness (QED) is 0.793. The number of amides is 1. The number of pyridine rings is 1. The molecule has 0 aliphatic carbocycles. The van der Waals surface area contributed by atoms with Crippen LogP contribution in [0.15, 0.2) is 59.6 Å². The molecule has 1 aliphatic rings. The van der Waals surface area contributed by atoms with Crippen molar-refractivity contribution in [3.8, 4) is 0 Å². The minimum absolute atomic E-state index is 0.0178. The molecule has 1 aromatic carbocycles. The fraction of sp³-hybridized carbons (Fsp3) is 0.294. The first kappa shape index (κ1) is 17.4. The molecule has 0 spiro atoms. The lowest BCUT2D eigenvalue weighted by Gasteiger charge is -2.17. The highest BCUT2D eigenvalue weighted by Crippen LogP contribution is 2.17. The molecule has 25 heavy (non-hydrogen) atoms. The lowest BCUT2D eigenvalue weighted by Crippen LogP contribution is -2.43. The maximum Gasteiger partial charge on any atom is 0.241 e. The Morgan fingerprint density at radius 2 is 1.92 bits per heavy atom. The molecule has 1 atom stereocenters. The van der Waals surface area contributed by atoms with E-state index in [-0.39, 0.29) is 23.4 Å². The van der Waals surface area contributed by atoms with Crippen LogP contribution in [-0.2, 0) is 14.8 Å². The van der Waals surface area contributed by atoms with E-state index in [1.807, 2.05) is 18.2 Å². The number of sulfonamides is 1.